The zero-order chi connectivity index (χ0) is 10.5. The number of hydrogen-bond donors (Lipinski definition) is 0. The minimum atomic E-state index is -4.41. The SMILES string of the molecule is COS(=O)(=O)[O-].Cc1scc[n+]1C. The van der Waals surface area contributed by atoms with Gasteiger partial charge in [-0.3, -0.25) is 4.18 Å². The molecule has 0 N–H and O–H groups in total. The van der Waals surface area contributed by atoms with Crippen LogP contribution in [0.4, 0.5) is 0 Å². The van der Waals surface area contributed by atoms with Crippen LogP contribution in [0.5, 0.6) is 0 Å². The summed E-state index contributed by atoms with van der Waals surface area (Å²) in [5, 5.41) is 3.43. The normalized spacial score (nSPS) is 10.5. The summed E-state index contributed by atoms with van der Waals surface area (Å²) in [6.07, 6.45) is 2.06. The zero-order valence-electron chi connectivity index (χ0n) is 7.55. The van der Waals surface area contributed by atoms with Gasteiger partial charge in [-0.2, -0.15) is 4.57 Å². The van der Waals surface area contributed by atoms with E-state index in [0.29, 0.717) is 0 Å². The van der Waals surface area contributed by atoms with Gasteiger partial charge in [-0.05, 0) is 0 Å². The smallest absolute Gasteiger partial charge is 0.233 e. The van der Waals surface area contributed by atoms with Crippen LogP contribution >= 0.6 is 11.3 Å². The summed E-state index contributed by atoms with van der Waals surface area (Å²) in [6.45, 7) is 2.10. The van der Waals surface area contributed by atoms with E-state index < -0.39 is 10.4 Å². The van der Waals surface area contributed by atoms with Gasteiger partial charge in [0.1, 0.15) is 7.05 Å². The van der Waals surface area contributed by atoms with E-state index in [1.165, 1.54) is 5.01 Å². The molecule has 0 unspecified atom stereocenters. The first-order chi connectivity index (χ1) is 5.87. The summed E-state index contributed by atoms with van der Waals surface area (Å²) in [7, 11) is -1.56. The van der Waals surface area contributed by atoms with Gasteiger partial charge in [-0.15, -0.1) is 0 Å². The van der Waals surface area contributed by atoms with Crippen LogP contribution in [-0.4, -0.2) is 20.1 Å². The van der Waals surface area contributed by atoms with Gasteiger partial charge in [0.25, 0.3) is 0 Å². The lowest BCUT2D eigenvalue weighted by atomic mass is 10.8. The number of rotatable bonds is 1. The third kappa shape index (κ3) is 6.64. The van der Waals surface area contributed by atoms with Gasteiger partial charge in [0, 0.05) is 6.92 Å². The average molecular weight is 225 g/mol. The molecule has 1 heterocycles. The highest BCUT2D eigenvalue weighted by molar-refractivity contribution is 7.80. The molecule has 7 heteroatoms. The zero-order valence-corrected chi connectivity index (χ0v) is 9.18. The Morgan fingerprint density at radius 1 is 1.62 bits per heavy atom. The van der Waals surface area contributed by atoms with Crippen LogP contribution in [0.2, 0.25) is 0 Å². The largest absolute Gasteiger partial charge is 0.726 e. The second-order valence-electron chi connectivity index (χ2n) is 2.11. The lowest BCUT2D eigenvalue weighted by molar-refractivity contribution is -0.672. The summed E-state index contributed by atoms with van der Waals surface area (Å²) >= 11 is 1.77. The van der Waals surface area contributed by atoms with Gasteiger partial charge < -0.3 is 4.55 Å². The second kappa shape index (κ2) is 5.28. The highest BCUT2D eigenvalue weighted by Crippen LogP contribution is 1.95. The Labute approximate surface area is 81.6 Å². The van der Waals surface area contributed by atoms with E-state index >= 15 is 0 Å². The van der Waals surface area contributed by atoms with Crippen molar-refractivity contribution >= 4 is 21.7 Å². The van der Waals surface area contributed by atoms with Crippen LogP contribution in [0.15, 0.2) is 11.6 Å². The average Bonchev–Trinajstić information content (AvgIpc) is 2.36. The molecule has 0 aliphatic rings. The van der Waals surface area contributed by atoms with E-state index in [0.717, 1.165) is 7.11 Å². The highest BCUT2D eigenvalue weighted by atomic mass is 32.3. The van der Waals surface area contributed by atoms with Crippen molar-refractivity contribution in [3.05, 3.63) is 16.6 Å². The van der Waals surface area contributed by atoms with E-state index in [2.05, 4.69) is 27.3 Å². The van der Waals surface area contributed by atoms with Gasteiger partial charge in [0.05, 0.1) is 12.5 Å². The van der Waals surface area contributed by atoms with Crippen molar-refractivity contribution in [2.75, 3.05) is 7.11 Å². The van der Waals surface area contributed by atoms with E-state index in [1.807, 2.05) is 7.05 Å². The monoisotopic (exact) mass is 225 g/mol. The maximum absolute atomic E-state index is 9.22. The maximum atomic E-state index is 9.22. The minimum absolute atomic E-state index is 0.808. The molecule has 0 saturated carbocycles. The molecule has 76 valence electrons. The molecule has 0 bridgehead atoms. The predicted molar refractivity (Wildman–Crippen MR) is 46.9 cm³/mol. The van der Waals surface area contributed by atoms with Crippen LogP contribution in [0.1, 0.15) is 5.01 Å². The van der Waals surface area contributed by atoms with E-state index in [9.17, 15) is 13.0 Å². The van der Waals surface area contributed by atoms with Crippen LogP contribution in [0.25, 0.3) is 0 Å². The Morgan fingerprint density at radius 3 is 2.15 bits per heavy atom. The maximum Gasteiger partial charge on any atom is 0.233 e. The van der Waals surface area contributed by atoms with Crippen molar-refractivity contribution in [3.8, 4) is 0 Å². The molecule has 13 heavy (non-hydrogen) atoms. The van der Waals surface area contributed by atoms with Crippen LogP contribution < -0.4 is 4.57 Å². The first-order valence-electron chi connectivity index (χ1n) is 3.28. The molecule has 0 spiro atoms. The van der Waals surface area contributed by atoms with E-state index in [4.69, 9.17) is 0 Å². The van der Waals surface area contributed by atoms with Crippen LogP contribution in [0.3, 0.4) is 0 Å². The fourth-order valence-electron chi connectivity index (χ4n) is 0.408. The first kappa shape index (κ1) is 12.5. The van der Waals surface area contributed by atoms with Gasteiger partial charge >= 0.3 is 0 Å². The van der Waals surface area contributed by atoms with Crippen LogP contribution in [0, 0.1) is 6.92 Å². The summed E-state index contributed by atoms with van der Waals surface area (Å²) < 4.78 is 33.1. The van der Waals surface area contributed by atoms with Crippen LogP contribution in [-0.2, 0) is 21.6 Å². The Balaban J connectivity index is 0.000000226. The quantitative estimate of drug-likeness (QED) is 0.382. The Morgan fingerprint density at radius 2 is 2.08 bits per heavy atom. The number of aromatic nitrogens is 1. The Hall–Kier alpha value is -0.500. The standard InChI is InChI=1S/C5H8NS.CH4O4S/c1-5-6(2)3-4-7-5;1-5-6(2,3)4/h3-4H,1-2H3;1H3,(H,2,3,4)/q+1;/p-1. The molecule has 0 saturated heterocycles. The molecule has 0 fully saturated rings. The molecule has 1 aromatic heterocycles. The Kier molecular flexibility index (Phi) is 5.07. The van der Waals surface area contributed by atoms with Crippen molar-refractivity contribution in [2.45, 2.75) is 6.92 Å². The molecule has 0 amide bonds. The fraction of sp³-hybridized carbons (Fsp3) is 0.500. The van der Waals surface area contributed by atoms with E-state index in [1.54, 1.807) is 11.3 Å². The van der Waals surface area contributed by atoms with Crippen molar-refractivity contribution < 1.29 is 21.7 Å². The summed E-state index contributed by atoms with van der Waals surface area (Å²) in [5.74, 6) is 0. The topological polar surface area (TPSA) is 70.3 Å². The Bertz CT molecular complexity index is 327. The highest BCUT2D eigenvalue weighted by Gasteiger charge is 1.95. The van der Waals surface area contributed by atoms with Crippen molar-refractivity contribution in [3.63, 3.8) is 0 Å². The van der Waals surface area contributed by atoms with Crippen molar-refractivity contribution in [1.29, 1.82) is 0 Å². The number of hydrogen-bond acceptors (Lipinski definition) is 5. The second-order valence-corrected chi connectivity index (χ2v) is 4.36. The molecule has 0 radical (unpaired) electrons. The third-order valence-corrected chi connectivity index (χ3v) is 2.52. The van der Waals surface area contributed by atoms with Gasteiger partial charge in [0.15, 0.2) is 6.20 Å². The predicted octanol–water partition coefficient (Wildman–Crippen LogP) is -0.0260. The minimum Gasteiger partial charge on any atom is -0.726 e. The molecule has 1 rings (SSSR count). The lowest BCUT2D eigenvalue weighted by Crippen LogP contribution is -2.26. The number of aryl methyl sites for hydroxylation is 2. The van der Waals surface area contributed by atoms with Crippen molar-refractivity contribution in [2.24, 2.45) is 7.05 Å². The van der Waals surface area contributed by atoms with Gasteiger partial charge in [-0.25, -0.2) is 8.42 Å². The summed E-state index contributed by atoms with van der Waals surface area (Å²) in [5.41, 5.74) is 0. The molecule has 0 aliphatic carbocycles. The van der Waals surface area contributed by atoms with Gasteiger partial charge in [-0.1, -0.05) is 11.3 Å². The molecule has 0 aliphatic heterocycles. The lowest BCUT2D eigenvalue weighted by Gasteiger charge is -1.98. The molecular formula is C6H11NO4S2. The summed E-state index contributed by atoms with van der Waals surface area (Å²) in [6, 6.07) is 0. The first-order valence-corrected chi connectivity index (χ1v) is 5.49. The third-order valence-electron chi connectivity index (χ3n) is 1.22. The fourth-order valence-corrected chi connectivity index (χ4v) is 1.08. The molecular weight excluding hydrogens is 214 g/mol. The summed E-state index contributed by atoms with van der Waals surface area (Å²) in [4.78, 5) is 0. The molecule has 0 aromatic carbocycles. The number of thiazole rings is 1. The number of nitrogens with zero attached hydrogens (tertiary/aromatic N) is 1. The van der Waals surface area contributed by atoms with Gasteiger partial charge in [0.2, 0.25) is 15.4 Å². The van der Waals surface area contributed by atoms with E-state index in [-0.39, 0.29) is 0 Å². The van der Waals surface area contributed by atoms with Crippen molar-refractivity contribution in [1.82, 2.24) is 0 Å². The molecule has 1 aromatic rings. The molecule has 5 nitrogen and oxygen atoms in total. The molecule has 0 atom stereocenters.